The van der Waals surface area contributed by atoms with Gasteiger partial charge in [0.1, 0.15) is 5.82 Å². The summed E-state index contributed by atoms with van der Waals surface area (Å²) in [4.78, 5) is 6.96. The molecule has 3 heterocycles. The van der Waals surface area contributed by atoms with Crippen molar-refractivity contribution in [1.82, 2.24) is 20.1 Å². The van der Waals surface area contributed by atoms with Gasteiger partial charge in [-0.1, -0.05) is 25.3 Å². The number of aromatic nitrogens is 3. The van der Waals surface area contributed by atoms with Gasteiger partial charge in [-0.3, -0.25) is 9.88 Å². The van der Waals surface area contributed by atoms with Gasteiger partial charge in [0.05, 0.1) is 10.9 Å². The van der Waals surface area contributed by atoms with Gasteiger partial charge in [0.15, 0.2) is 14.9 Å². The van der Waals surface area contributed by atoms with E-state index in [-0.39, 0.29) is 10.3 Å². The smallest absolute Gasteiger partial charge is 0.200 e. The molecule has 2 saturated carbocycles. The molecule has 1 aliphatic heterocycles. The highest BCUT2D eigenvalue weighted by atomic mass is 32.2. The summed E-state index contributed by atoms with van der Waals surface area (Å²) in [6.45, 7) is 3.15. The third kappa shape index (κ3) is 4.60. The Morgan fingerprint density at radius 3 is 2.39 bits per heavy atom. The molecule has 2 aromatic rings. The fourth-order valence-electron chi connectivity index (χ4n) is 5.67. The molecular weight excluding hydrogens is 410 g/mol. The van der Waals surface area contributed by atoms with Crippen LogP contribution in [0.1, 0.15) is 50.6 Å². The fourth-order valence-corrected chi connectivity index (χ4v) is 7.38. The van der Waals surface area contributed by atoms with Crippen LogP contribution in [0.15, 0.2) is 41.6 Å². The van der Waals surface area contributed by atoms with E-state index >= 15 is 0 Å². The molecule has 0 aromatic carbocycles. The lowest BCUT2D eigenvalue weighted by Crippen LogP contribution is -2.26. The van der Waals surface area contributed by atoms with Crippen LogP contribution in [0.4, 0.5) is 5.82 Å². The highest BCUT2D eigenvalue weighted by molar-refractivity contribution is 7.92. The molecule has 0 amide bonds. The first-order chi connectivity index (χ1) is 15.1. The molecule has 0 spiro atoms. The zero-order chi connectivity index (χ0) is 21.3. The van der Waals surface area contributed by atoms with Gasteiger partial charge in [-0.05, 0) is 61.8 Å². The zero-order valence-corrected chi connectivity index (χ0v) is 18.7. The maximum absolute atomic E-state index is 12.8. The van der Waals surface area contributed by atoms with Crippen LogP contribution >= 0.6 is 0 Å². The van der Waals surface area contributed by atoms with Crippen molar-refractivity contribution in [3.05, 3.63) is 42.2 Å². The second-order valence-corrected chi connectivity index (χ2v) is 11.6. The van der Waals surface area contributed by atoms with Gasteiger partial charge in [0.25, 0.3) is 0 Å². The summed E-state index contributed by atoms with van der Waals surface area (Å²) in [5.74, 6) is 2.07. The number of sulfone groups is 1. The lowest BCUT2D eigenvalue weighted by Gasteiger charge is -2.21. The van der Waals surface area contributed by atoms with E-state index in [1.165, 1.54) is 0 Å². The topological polar surface area (TPSA) is 88.1 Å². The Balaban J connectivity index is 1.14. The lowest BCUT2D eigenvalue weighted by atomic mass is 10.0. The summed E-state index contributed by atoms with van der Waals surface area (Å²) < 4.78 is 25.6. The van der Waals surface area contributed by atoms with Gasteiger partial charge in [-0.15, -0.1) is 10.2 Å². The molecule has 1 N–H and O–H groups in total. The Morgan fingerprint density at radius 2 is 1.74 bits per heavy atom. The first-order valence-corrected chi connectivity index (χ1v) is 13.1. The van der Waals surface area contributed by atoms with E-state index in [0.717, 1.165) is 70.3 Å². The molecule has 3 atom stereocenters. The molecule has 5 rings (SSSR count). The maximum atomic E-state index is 12.8. The van der Waals surface area contributed by atoms with E-state index in [2.05, 4.69) is 31.5 Å². The maximum Gasteiger partial charge on any atom is 0.200 e. The molecule has 3 fully saturated rings. The highest BCUT2D eigenvalue weighted by Gasteiger charge is 2.41. The van der Waals surface area contributed by atoms with Crippen LogP contribution in [0.25, 0.3) is 0 Å². The molecule has 1 saturated heterocycles. The van der Waals surface area contributed by atoms with E-state index in [0.29, 0.717) is 23.7 Å². The van der Waals surface area contributed by atoms with E-state index in [1.54, 1.807) is 12.1 Å². The van der Waals surface area contributed by atoms with Crippen LogP contribution in [0, 0.1) is 11.8 Å². The Hall–Kier alpha value is -2.06. The number of fused-ring (bicyclic) bond motifs is 1. The summed E-state index contributed by atoms with van der Waals surface area (Å²) in [6.07, 6.45) is 8.68. The molecule has 3 aliphatic rings. The van der Waals surface area contributed by atoms with E-state index in [1.807, 2.05) is 18.3 Å². The van der Waals surface area contributed by atoms with Crippen molar-refractivity contribution in [2.45, 2.75) is 67.8 Å². The second kappa shape index (κ2) is 8.82. The second-order valence-electron chi connectivity index (χ2n) is 9.41. The first-order valence-electron chi connectivity index (χ1n) is 11.5. The lowest BCUT2D eigenvalue weighted by molar-refractivity contribution is 0.297. The number of hydrogen-bond acceptors (Lipinski definition) is 7. The number of anilines is 1. The normalized spacial score (nSPS) is 27.3. The average molecular weight is 442 g/mol. The standard InChI is InChI=1S/C23H31N5O2S/c29-31(30,21-7-2-1-3-8-21)23-10-9-22(26-27-23)25-20-12-17-14-28(15-18(17)13-20)16-19-6-4-5-11-24-19/h4-6,9-11,17-18,20-21H,1-3,7-8,12-16H2,(H,25,26)/t17-,18+,20+. The van der Waals surface area contributed by atoms with Gasteiger partial charge < -0.3 is 5.32 Å². The van der Waals surface area contributed by atoms with Crippen LogP contribution in [0.3, 0.4) is 0 Å². The minimum absolute atomic E-state index is 0.124. The van der Waals surface area contributed by atoms with Crippen molar-refractivity contribution in [1.29, 1.82) is 0 Å². The molecule has 31 heavy (non-hydrogen) atoms. The zero-order valence-electron chi connectivity index (χ0n) is 17.9. The Bertz CT molecular complexity index is 963. The number of hydrogen-bond donors (Lipinski definition) is 1. The predicted octanol–water partition coefficient (Wildman–Crippen LogP) is 3.30. The molecule has 0 bridgehead atoms. The van der Waals surface area contributed by atoms with E-state index in [9.17, 15) is 8.42 Å². The summed E-state index contributed by atoms with van der Waals surface area (Å²) in [6, 6.07) is 9.89. The van der Waals surface area contributed by atoms with Gasteiger partial charge in [0, 0.05) is 31.9 Å². The Morgan fingerprint density at radius 1 is 0.968 bits per heavy atom. The summed E-state index contributed by atoms with van der Waals surface area (Å²) >= 11 is 0. The van der Waals surface area contributed by atoms with Crippen molar-refractivity contribution in [2.24, 2.45) is 11.8 Å². The molecule has 166 valence electrons. The SMILES string of the molecule is O=S(=O)(c1ccc(N[C@H]2C[C@@H]3CN(Cc4ccccn4)C[C@@H]3C2)nn1)C1CCCCC1. The van der Waals surface area contributed by atoms with Crippen molar-refractivity contribution in [3.63, 3.8) is 0 Å². The third-order valence-corrected chi connectivity index (χ3v) is 9.36. The quantitative estimate of drug-likeness (QED) is 0.736. The number of rotatable bonds is 6. The highest BCUT2D eigenvalue weighted by Crippen LogP contribution is 2.39. The van der Waals surface area contributed by atoms with Gasteiger partial charge in [-0.2, -0.15) is 0 Å². The van der Waals surface area contributed by atoms with Crippen LogP contribution in [0.5, 0.6) is 0 Å². The Labute approximate surface area is 184 Å². The van der Waals surface area contributed by atoms with Crippen molar-refractivity contribution in [2.75, 3.05) is 18.4 Å². The van der Waals surface area contributed by atoms with Gasteiger partial charge in [0.2, 0.25) is 0 Å². The summed E-state index contributed by atoms with van der Waals surface area (Å²) in [7, 11) is -3.36. The number of likely N-dealkylation sites (tertiary alicyclic amines) is 1. The fraction of sp³-hybridized carbons (Fsp3) is 0.609. The van der Waals surface area contributed by atoms with Crippen molar-refractivity contribution < 1.29 is 8.42 Å². The number of nitrogens with zero attached hydrogens (tertiary/aromatic N) is 4. The average Bonchev–Trinajstić information content (AvgIpc) is 3.33. The minimum Gasteiger partial charge on any atom is -0.366 e. The van der Waals surface area contributed by atoms with Gasteiger partial charge >= 0.3 is 0 Å². The molecule has 7 nitrogen and oxygen atoms in total. The molecule has 8 heteroatoms. The molecule has 0 unspecified atom stereocenters. The molecule has 2 aliphatic carbocycles. The molecular formula is C23H31N5O2S. The number of pyridine rings is 1. The summed E-state index contributed by atoms with van der Waals surface area (Å²) in [5.41, 5.74) is 1.13. The van der Waals surface area contributed by atoms with Crippen molar-refractivity contribution >= 4 is 15.7 Å². The van der Waals surface area contributed by atoms with E-state index < -0.39 is 9.84 Å². The first kappa shape index (κ1) is 20.8. The Kier molecular flexibility index (Phi) is 5.93. The molecule has 2 aromatic heterocycles. The van der Waals surface area contributed by atoms with Crippen LogP contribution in [-0.2, 0) is 16.4 Å². The largest absolute Gasteiger partial charge is 0.366 e. The third-order valence-electron chi connectivity index (χ3n) is 7.21. The summed E-state index contributed by atoms with van der Waals surface area (Å²) in [5, 5.41) is 11.6. The van der Waals surface area contributed by atoms with Crippen molar-refractivity contribution in [3.8, 4) is 0 Å². The minimum atomic E-state index is -3.36. The monoisotopic (exact) mass is 441 g/mol. The predicted molar refractivity (Wildman–Crippen MR) is 119 cm³/mol. The van der Waals surface area contributed by atoms with Gasteiger partial charge in [-0.25, -0.2) is 8.42 Å². The van der Waals surface area contributed by atoms with Crippen LogP contribution < -0.4 is 5.32 Å². The van der Waals surface area contributed by atoms with Crippen LogP contribution in [-0.4, -0.2) is 52.9 Å². The number of nitrogens with one attached hydrogen (secondary N) is 1. The molecule has 0 radical (unpaired) electrons. The van der Waals surface area contributed by atoms with Crippen LogP contribution in [0.2, 0.25) is 0 Å². The van der Waals surface area contributed by atoms with E-state index in [4.69, 9.17) is 0 Å².